The van der Waals surface area contributed by atoms with Gasteiger partial charge < -0.3 is 5.73 Å². The third kappa shape index (κ3) is 2.89. The fraction of sp³-hybridized carbons (Fsp3) is 0.231. The average molecular weight is 308 g/mol. The molecule has 0 radical (unpaired) electrons. The van der Waals surface area contributed by atoms with Gasteiger partial charge in [-0.25, -0.2) is 8.42 Å². The summed E-state index contributed by atoms with van der Waals surface area (Å²) in [4.78, 5) is 11.7. The number of aryl methyl sites for hydroxylation is 2. The first-order valence-electron chi connectivity index (χ1n) is 6.32. The van der Waals surface area contributed by atoms with Crippen LogP contribution in [-0.2, 0) is 16.6 Å². The van der Waals surface area contributed by atoms with Crippen LogP contribution in [0.3, 0.4) is 0 Å². The Labute approximate surface area is 122 Å². The molecule has 21 heavy (non-hydrogen) atoms. The molecule has 0 atom stereocenters. The molecule has 1 aromatic heterocycles. The number of hydrogen-bond donors (Lipinski definition) is 2. The van der Waals surface area contributed by atoms with Crippen LogP contribution in [0.4, 0.5) is 5.69 Å². The van der Waals surface area contributed by atoms with E-state index < -0.39 is 15.9 Å². The highest BCUT2D eigenvalue weighted by Crippen LogP contribution is 2.23. The fourth-order valence-electron chi connectivity index (χ4n) is 1.98. The smallest absolute Gasteiger partial charge is 0.269 e. The van der Waals surface area contributed by atoms with Crippen LogP contribution in [0, 0.1) is 6.92 Å². The van der Waals surface area contributed by atoms with Gasteiger partial charge in [0, 0.05) is 6.54 Å². The van der Waals surface area contributed by atoms with E-state index in [0.717, 1.165) is 0 Å². The van der Waals surface area contributed by atoms with Crippen molar-refractivity contribution < 1.29 is 13.2 Å². The van der Waals surface area contributed by atoms with Crippen molar-refractivity contribution in [2.24, 2.45) is 5.73 Å². The number of carbonyl (C=O) groups excluding carboxylic acids is 1. The van der Waals surface area contributed by atoms with Crippen LogP contribution in [0.25, 0.3) is 0 Å². The number of nitrogens with two attached hydrogens (primary N) is 1. The fourth-order valence-corrected chi connectivity index (χ4v) is 3.12. The molecule has 1 heterocycles. The van der Waals surface area contributed by atoms with Crippen molar-refractivity contribution in [3.8, 4) is 0 Å². The summed E-state index contributed by atoms with van der Waals surface area (Å²) in [6.45, 7) is 3.81. The summed E-state index contributed by atoms with van der Waals surface area (Å²) >= 11 is 0. The SMILES string of the molecule is CCn1nc(C)c(NS(=O)(=O)c2ccccc2)c1C(N)=O. The first-order valence-corrected chi connectivity index (χ1v) is 7.80. The zero-order valence-corrected chi connectivity index (χ0v) is 12.5. The summed E-state index contributed by atoms with van der Waals surface area (Å²) in [6.07, 6.45) is 0. The topological polar surface area (TPSA) is 107 Å². The minimum atomic E-state index is -3.80. The van der Waals surface area contributed by atoms with Crippen LogP contribution in [0.5, 0.6) is 0 Å². The molecule has 0 fully saturated rings. The quantitative estimate of drug-likeness (QED) is 0.862. The molecular formula is C13H16N4O3S. The Morgan fingerprint density at radius 2 is 1.95 bits per heavy atom. The van der Waals surface area contributed by atoms with Gasteiger partial charge in [0.1, 0.15) is 11.4 Å². The molecule has 3 N–H and O–H groups in total. The molecule has 0 saturated carbocycles. The van der Waals surface area contributed by atoms with E-state index in [1.807, 2.05) is 0 Å². The van der Waals surface area contributed by atoms with Crippen molar-refractivity contribution >= 4 is 21.6 Å². The maximum Gasteiger partial charge on any atom is 0.269 e. The lowest BCUT2D eigenvalue weighted by Crippen LogP contribution is -2.21. The van der Waals surface area contributed by atoms with E-state index >= 15 is 0 Å². The van der Waals surface area contributed by atoms with E-state index in [0.29, 0.717) is 12.2 Å². The van der Waals surface area contributed by atoms with Crippen molar-refractivity contribution in [2.45, 2.75) is 25.3 Å². The van der Waals surface area contributed by atoms with Crippen molar-refractivity contribution in [2.75, 3.05) is 4.72 Å². The molecule has 2 rings (SSSR count). The summed E-state index contributed by atoms with van der Waals surface area (Å²) in [6, 6.07) is 7.88. The van der Waals surface area contributed by atoms with Gasteiger partial charge in [-0.05, 0) is 26.0 Å². The lowest BCUT2D eigenvalue weighted by atomic mass is 10.3. The molecule has 7 nitrogen and oxygen atoms in total. The first kappa shape index (κ1) is 15.0. The number of sulfonamides is 1. The van der Waals surface area contributed by atoms with Gasteiger partial charge in [-0.3, -0.25) is 14.2 Å². The second kappa shape index (κ2) is 5.57. The maximum atomic E-state index is 12.3. The van der Waals surface area contributed by atoms with Crippen molar-refractivity contribution in [3.05, 3.63) is 41.7 Å². The summed E-state index contributed by atoms with van der Waals surface area (Å²) in [5.74, 6) is -0.733. The minimum absolute atomic E-state index is 0.0505. The van der Waals surface area contributed by atoms with Gasteiger partial charge >= 0.3 is 0 Å². The average Bonchev–Trinajstić information content (AvgIpc) is 2.76. The molecular weight excluding hydrogens is 292 g/mol. The Morgan fingerprint density at radius 3 is 2.48 bits per heavy atom. The van der Waals surface area contributed by atoms with Gasteiger partial charge in [-0.1, -0.05) is 18.2 Å². The Morgan fingerprint density at radius 1 is 1.33 bits per heavy atom. The Hall–Kier alpha value is -2.35. The second-order valence-corrected chi connectivity index (χ2v) is 6.09. The van der Waals surface area contributed by atoms with Crippen LogP contribution in [0.15, 0.2) is 35.2 Å². The number of amides is 1. The summed E-state index contributed by atoms with van der Waals surface area (Å²) in [5.41, 5.74) is 5.89. The number of benzene rings is 1. The van der Waals surface area contributed by atoms with Crippen molar-refractivity contribution in [1.82, 2.24) is 9.78 Å². The lowest BCUT2D eigenvalue weighted by Gasteiger charge is -2.09. The molecule has 8 heteroatoms. The molecule has 0 bridgehead atoms. The van der Waals surface area contributed by atoms with Gasteiger partial charge in [-0.2, -0.15) is 5.10 Å². The Kier molecular flexibility index (Phi) is 3.99. The van der Waals surface area contributed by atoms with Crippen LogP contribution in [-0.4, -0.2) is 24.1 Å². The molecule has 0 aliphatic carbocycles. The van der Waals surface area contributed by atoms with Gasteiger partial charge in [0.05, 0.1) is 10.6 Å². The van der Waals surface area contributed by atoms with Crippen LogP contribution in [0.2, 0.25) is 0 Å². The van der Waals surface area contributed by atoms with E-state index in [-0.39, 0.29) is 16.3 Å². The van der Waals surface area contributed by atoms with Crippen LogP contribution in [0.1, 0.15) is 23.1 Å². The second-order valence-electron chi connectivity index (χ2n) is 4.41. The van der Waals surface area contributed by atoms with E-state index in [9.17, 15) is 13.2 Å². The summed E-state index contributed by atoms with van der Waals surface area (Å²) in [7, 11) is -3.80. The van der Waals surface area contributed by atoms with E-state index in [1.54, 1.807) is 32.0 Å². The number of aromatic nitrogens is 2. The van der Waals surface area contributed by atoms with Gasteiger partial charge in [0.25, 0.3) is 15.9 Å². The molecule has 0 aliphatic heterocycles. The third-order valence-electron chi connectivity index (χ3n) is 2.95. The summed E-state index contributed by atoms with van der Waals surface area (Å²) in [5, 5.41) is 4.12. The predicted octanol–water partition coefficient (Wildman–Crippen LogP) is 1.11. The number of carbonyl (C=O) groups is 1. The highest BCUT2D eigenvalue weighted by molar-refractivity contribution is 7.92. The molecule has 0 unspecified atom stereocenters. The van der Waals surface area contributed by atoms with E-state index in [2.05, 4.69) is 9.82 Å². The first-order chi connectivity index (χ1) is 9.86. The molecule has 0 spiro atoms. The molecule has 0 saturated heterocycles. The standard InChI is InChI=1S/C13H16N4O3S/c1-3-17-12(13(14)18)11(9(2)15-17)16-21(19,20)10-7-5-4-6-8-10/h4-8,16H,3H2,1-2H3,(H2,14,18). The summed E-state index contributed by atoms with van der Waals surface area (Å²) < 4.78 is 28.4. The number of anilines is 1. The highest BCUT2D eigenvalue weighted by atomic mass is 32.2. The lowest BCUT2D eigenvalue weighted by molar-refractivity contribution is 0.0991. The number of hydrogen-bond acceptors (Lipinski definition) is 4. The van der Waals surface area contributed by atoms with Gasteiger partial charge in [0.15, 0.2) is 0 Å². The number of primary amides is 1. The Balaban J connectivity index is 2.49. The highest BCUT2D eigenvalue weighted by Gasteiger charge is 2.24. The Bertz CT molecular complexity index is 766. The molecule has 112 valence electrons. The van der Waals surface area contributed by atoms with Crippen LogP contribution >= 0.6 is 0 Å². The molecule has 2 aromatic rings. The predicted molar refractivity (Wildman–Crippen MR) is 78.4 cm³/mol. The minimum Gasteiger partial charge on any atom is -0.364 e. The zero-order valence-electron chi connectivity index (χ0n) is 11.7. The van der Waals surface area contributed by atoms with Crippen LogP contribution < -0.4 is 10.5 Å². The molecule has 1 aromatic carbocycles. The molecule has 0 aliphatic rings. The molecule has 1 amide bonds. The maximum absolute atomic E-state index is 12.3. The van der Waals surface area contributed by atoms with Gasteiger partial charge in [-0.15, -0.1) is 0 Å². The van der Waals surface area contributed by atoms with E-state index in [1.165, 1.54) is 16.8 Å². The number of nitrogens with zero attached hydrogens (tertiary/aromatic N) is 2. The monoisotopic (exact) mass is 308 g/mol. The normalized spacial score (nSPS) is 11.3. The third-order valence-corrected chi connectivity index (χ3v) is 4.32. The number of rotatable bonds is 5. The zero-order chi connectivity index (χ0) is 15.6. The van der Waals surface area contributed by atoms with E-state index in [4.69, 9.17) is 5.73 Å². The van der Waals surface area contributed by atoms with Crippen molar-refractivity contribution in [1.29, 1.82) is 0 Å². The van der Waals surface area contributed by atoms with Gasteiger partial charge in [0.2, 0.25) is 0 Å². The van der Waals surface area contributed by atoms with Crippen molar-refractivity contribution in [3.63, 3.8) is 0 Å². The number of nitrogens with one attached hydrogen (secondary N) is 1. The largest absolute Gasteiger partial charge is 0.364 e.